The van der Waals surface area contributed by atoms with Gasteiger partial charge in [-0.25, -0.2) is 0 Å². The van der Waals surface area contributed by atoms with Crippen LogP contribution in [0, 0.1) is 5.92 Å². The van der Waals surface area contributed by atoms with E-state index in [0.29, 0.717) is 12.6 Å². The van der Waals surface area contributed by atoms with Crippen LogP contribution in [0.4, 0.5) is 0 Å². The summed E-state index contributed by atoms with van der Waals surface area (Å²) in [6, 6.07) is 0.295. The van der Waals surface area contributed by atoms with Gasteiger partial charge < -0.3 is 10.2 Å². The summed E-state index contributed by atoms with van der Waals surface area (Å²) >= 11 is 0. The van der Waals surface area contributed by atoms with Crippen molar-refractivity contribution in [3.63, 3.8) is 0 Å². The maximum atomic E-state index is 12.0. The van der Waals surface area contributed by atoms with Crippen LogP contribution in [-0.4, -0.2) is 61.5 Å². The second kappa shape index (κ2) is 7.74. The van der Waals surface area contributed by atoms with Gasteiger partial charge >= 0.3 is 0 Å². The van der Waals surface area contributed by atoms with Crippen molar-refractivity contribution >= 4 is 5.91 Å². The number of carbonyl (C=O) groups is 1. The van der Waals surface area contributed by atoms with Gasteiger partial charge in [0, 0.05) is 13.1 Å². The summed E-state index contributed by atoms with van der Waals surface area (Å²) in [5.41, 5.74) is 0. The van der Waals surface area contributed by atoms with Gasteiger partial charge in [-0.2, -0.15) is 0 Å². The van der Waals surface area contributed by atoms with E-state index in [-0.39, 0.29) is 5.91 Å². The molecule has 0 aromatic rings. The summed E-state index contributed by atoms with van der Waals surface area (Å²) in [6.07, 6.45) is 2.43. The number of hydrogen-bond donors (Lipinski definition) is 1. The fourth-order valence-corrected chi connectivity index (χ4v) is 2.29. The average Bonchev–Trinajstić information content (AvgIpc) is 2.36. The molecule has 0 atom stereocenters. The predicted octanol–water partition coefficient (Wildman–Crippen LogP) is 1.17. The molecular formula is C14H29N3O. The van der Waals surface area contributed by atoms with Gasteiger partial charge in [-0.05, 0) is 58.8 Å². The van der Waals surface area contributed by atoms with Crippen LogP contribution < -0.4 is 5.32 Å². The van der Waals surface area contributed by atoms with E-state index in [2.05, 4.69) is 31.0 Å². The lowest BCUT2D eigenvalue weighted by Crippen LogP contribution is -2.45. The SMILES string of the molecule is CCNCC1CCN(CC(=O)N(C)C(C)C)CC1. The number of carbonyl (C=O) groups excluding carboxylic acids is 1. The van der Waals surface area contributed by atoms with Gasteiger partial charge in [0.2, 0.25) is 5.91 Å². The molecule has 1 heterocycles. The Bertz CT molecular complexity index is 247. The van der Waals surface area contributed by atoms with Crippen LogP contribution in [0.15, 0.2) is 0 Å². The summed E-state index contributed by atoms with van der Waals surface area (Å²) in [5.74, 6) is 1.04. The molecule has 1 saturated heterocycles. The van der Waals surface area contributed by atoms with Gasteiger partial charge in [0.05, 0.1) is 6.54 Å². The van der Waals surface area contributed by atoms with Crippen molar-refractivity contribution in [3.8, 4) is 0 Å². The van der Waals surface area contributed by atoms with Crippen LogP contribution in [-0.2, 0) is 4.79 Å². The van der Waals surface area contributed by atoms with E-state index in [0.717, 1.165) is 32.1 Å². The maximum Gasteiger partial charge on any atom is 0.236 e. The highest BCUT2D eigenvalue weighted by Gasteiger charge is 2.22. The molecule has 0 aromatic carbocycles. The molecule has 0 spiro atoms. The third-order valence-electron chi connectivity index (χ3n) is 3.92. The van der Waals surface area contributed by atoms with Gasteiger partial charge in [-0.1, -0.05) is 6.92 Å². The Morgan fingerprint density at radius 1 is 1.39 bits per heavy atom. The highest BCUT2D eigenvalue weighted by molar-refractivity contribution is 5.78. The molecule has 18 heavy (non-hydrogen) atoms. The molecule has 0 radical (unpaired) electrons. The summed E-state index contributed by atoms with van der Waals surface area (Å²) in [4.78, 5) is 16.1. The molecule has 0 saturated carbocycles. The van der Waals surface area contributed by atoms with Crippen LogP contribution in [0.2, 0.25) is 0 Å². The second-order valence-corrected chi connectivity index (χ2v) is 5.63. The number of nitrogens with zero attached hydrogens (tertiary/aromatic N) is 2. The summed E-state index contributed by atoms with van der Waals surface area (Å²) < 4.78 is 0. The Morgan fingerprint density at radius 3 is 2.50 bits per heavy atom. The first-order valence-corrected chi connectivity index (χ1v) is 7.23. The summed E-state index contributed by atoms with van der Waals surface area (Å²) in [6.45, 7) is 11.2. The molecule has 4 heteroatoms. The van der Waals surface area contributed by atoms with E-state index in [1.807, 2.05) is 11.9 Å². The van der Waals surface area contributed by atoms with Gasteiger partial charge in [0.25, 0.3) is 0 Å². The third kappa shape index (κ3) is 4.94. The van der Waals surface area contributed by atoms with Crippen LogP contribution in [0.5, 0.6) is 0 Å². The molecule has 1 amide bonds. The van der Waals surface area contributed by atoms with Crippen LogP contribution in [0.1, 0.15) is 33.6 Å². The minimum absolute atomic E-state index is 0.245. The molecule has 1 fully saturated rings. The normalized spacial score (nSPS) is 18.3. The van der Waals surface area contributed by atoms with E-state index in [9.17, 15) is 4.79 Å². The van der Waals surface area contributed by atoms with Crippen molar-refractivity contribution in [2.75, 3.05) is 39.8 Å². The molecule has 1 aliphatic heterocycles. The minimum Gasteiger partial charge on any atom is -0.342 e. The smallest absolute Gasteiger partial charge is 0.236 e. The van der Waals surface area contributed by atoms with E-state index in [1.165, 1.54) is 12.8 Å². The predicted molar refractivity (Wildman–Crippen MR) is 75.6 cm³/mol. The van der Waals surface area contributed by atoms with Crippen LogP contribution in [0.3, 0.4) is 0 Å². The number of hydrogen-bond acceptors (Lipinski definition) is 3. The topological polar surface area (TPSA) is 35.6 Å². The van der Waals surface area contributed by atoms with Gasteiger partial charge in [0.15, 0.2) is 0 Å². The fourth-order valence-electron chi connectivity index (χ4n) is 2.29. The number of likely N-dealkylation sites (N-methyl/N-ethyl adjacent to an activating group) is 1. The quantitative estimate of drug-likeness (QED) is 0.774. The molecule has 0 unspecified atom stereocenters. The molecule has 0 bridgehead atoms. The highest BCUT2D eigenvalue weighted by atomic mass is 16.2. The number of amides is 1. The van der Waals surface area contributed by atoms with Crippen LogP contribution >= 0.6 is 0 Å². The van der Waals surface area contributed by atoms with Crippen molar-refractivity contribution in [1.29, 1.82) is 0 Å². The average molecular weight is 255 g/mol. The lowest BCUT2D eigenvalue weighted by Gasteiger charge is -2.33. The van der Waals surface area contributed by atoms with Crippen molar-refractivity contribution in [2.24, 2.45) is 5.92 Å². The number of piperidine rings is 1. The zero-order chi connectivity index (χ0) is 13.5. The lowest BCUT2D eigenvalue weighted by atomic mass is 9.97. The fraction of sp³-hybridized carbons (Fsp3) is 0.929. The maximum absolute atomic E-state index is 12.0. The van der Waals surface area contributed by atoms with Crippen LogP contribution in [0.25, 0.3) is 0 Å². The third-order valence-corrected chi connectivity index (χ3v) is 3.92. The Morgan fingerprint density at radius 2 is 2.00 bits per heavy atom. The number of rotatable bonds is 6. The first-order chi connectivity index (χ1) is 8.54. The zero-order valence-corrected chi connectivity index (χ0v) is 12.4. The molecule has 4 nitrogen and oxygen atoms in total. The molecule has 1 aliphatic rings. The molecule has 0 aliphatic carbocycles. The molecule has 0 aromatic heterocycles. The molecule has 1 N–H and O–H groups in total. The van der Waals surface area contributed by atoms with Crippen molar-refractivity contribution in [3.05, 3.63) is 0 Å². The Hall–Kier alpha value is -0.610. The summed E-state index contributed by atoms with van der Waals surface area (Å²) in [5, 5.41) is 3.41. The van der Waals surface area contributed by atoms with E-state index < -0.39 is 0 Å². The van der Waals surface area contributed by atoms with Crippen molar-refractivity contribution in [2.45, 2.75) is 39.7 Å². The van der Waals surface area contributed by atoms with E-state index in [4.69, 9.17) is 0 Å². The van der Waals surface area contributed by atoms with Gasteiger partial charge in [0.1, 0.15) is 0 Å². The number of nitrogens with one attached hydrogen (secondary N) is 1. The minimum atomic E-state index is 0.245. The first kappa shape index (κ1) is 15.4. The van der Waals surface area contributed by atoms with Crippen molar-refractivity contribution < 1.29 is 4.79 Å². The first-order valence-electron chi connectivity index (χ1n) is 7.23. The zero-order valence-electron chi connectivity index (χ0n) is 12.4. The molecule has 1 rings (SSSR count). The lowest BCUT2D eigenvalue weighted by molar-refractivity contribution is -0.132. The standard InChI is InChI=1S/C14H29N3O/c1-5-15-10-13-6-8-17(9-7-13)11-14(18)16(4)12(2)3/h12-13,15H,5-11H2,1-4H3. The van der Waals surface area contributed by atoms with E-state index in [1.54, 1.807) is 0 Å². The Kier molecular flexibility index (Phi) is 6.65. The van der Waals surface area contributed by atoms with Gasteiger partial charge in [-0.3, -0.25) is 9.69 Å². The molecular weight excluding hydrogens is 226 g/mol. The largest absolute Gasteiger partial charge is 0.342 e. The van der Waals surface area contributed by atoms with E-state index >= 15 is 0 Å². The summed E-state index contributed by atoms with van der Waals surface area (Å²) in [7, 11) is 1.89. The number of likely N-dealkylation sites (tertiary alicyclic amines) is 1. The molecule has 106 valence electrons. The van der Waals surface area contributed by atoms with Crippen molar-refractivity contribution in [1.82, 2.24) is 15.1 Å². The Balaban J connectivity index is 2.25. The van der Waals surface area contributed by atoms with Gasteiger partial charge in [-0.15, -0.1) is 0 Å². The Labute approximate surface area is 112 Å². The highest BCUT2D eigenvalue weighted by Crippen LogP contribution is 2.16. The second-order valence-electron chi connectivity index (χ2n) is 5.63. The monoisotopic (exact) mass is 255 g/mol.